The summed E-state index contributed by atoms with van der Waals surface area (Å²) in [6.07, 6.45) is 1.53. The van der Waals surface area contributed by atoms with Crippen molar-refractivity contribution in [3.8, 4) is 11.5 Å². The maximum Gasteiger partial charge on any atom is 0.328 e. The van der Waals surface area contributed by atoms with E-state index in [2.05, 4.69) is 20.7 Å². The van der Waals surface area contributed by atoms with Crippen molar-refractivity contribution in [1.82, 2.24) is 4.90 Å². The van der Waals surface area contributed by atoms with E-state index in [1.807, 2.05) is 0 Å². The molecule has 0 spiro atoms. The largest absolute Gasteiger partial charge is 0.493 e. The van der Waals surface area contributed by atoms with Gasteiger partial charge in [0.1, 0.15) is 18.5 Å². The number of nitrogens with zero attached hydrogens (tertiary/aromatic N) is 1. The molecule has 168 valence electrons. The van der Waals surface area contributed by atoms with E-state index in [0.29, 0.717) is 27.1 Å². The first-order valence-electron chi connectivity index (χ1n) is 9.34. The molecule has 1 heterocycles. The van der Waals surface area contributed by atoms with Crippen LogP contribution in [-0.2, 0) is 20.9 Å². The summed E-state index contributed by atoms with van der Waals surface area (Å²) >= 11 is 4.17. The second-order valence-corrected chi connectivity index (χ2v) is 8.54. The molecule has 2 aromatic rings. The third-order valence-corrected chi connectivity index (χ3v) is 6.18. The Morgan fingerprint density at radius 1 is 1.22 bits per heavy atom. The van der Waals surface area contributed by atoms with Gasteiger partial charge in [0.2, 0.25) is 0 Å². The molecule has 0 N–H and O–H groups in total. The summed E-state index contributed by atoms with van der Waals surface area (Å²) < 4.78 is 29.7. The van der Waals surface area contributed by atoms with Crippen molar-refractivity contribution >= 4 is 50.9 Å². The Labute approximate surface area is 196 Å². The minimum absolute atomic E-state index is 0.129. The molecular formula is C22H19BrFNO6S. The van der Waals surface area contributed by atoms with Gasteiger partial charge in [0.05, 0.1) is 19.1 Å². The fourth-order valence-electron chi connectivity index (χ4n) is 2.95. The molecule has 10 heteroatoms. The summed E-state index contributed by atoms with van der Waals surface area (Å²) in [4.78, 5) is 37.8. The second kappa shape index (κ2) is 10.2. The molecule has 0 saturated carbocycles. The predicted octanol–water partition coefficient (Wildman–Crippen LogP) is 4.77. The number of carbonyl (C=O) groups excluding carboxylic acids is 3. The van der Waals surface area contributed by atoms with Gasteiger partial charge < -0.3 is 14.2 Å². The quantitative estimate of drug-likeness (QED) is 0.381. The Kier molecular flexibility index (Phi) is 7.57. The Bertz CT molecular complexity index is 1110. The van der Waals surface area contributed by atoms with Crippen LogP contribution in [-0.4, -0.2) is 42.3 Å². The van der Waals surface area contributed by atoms with Crippen LogP contribution in [0.25, 0.3) is 6.08 Å². The van der Waals surface area contributed by atoms with Crippen molar-refractivity contribution in [3.63, 3.8) is 0 Å². The first-order chi connectivity index (χ1) is 15.2. The maximum absolute atomic E-state index is 13.4. The highest BCUT2D eigenvalue weighted by atomic mass is 79.9. The number of amides is 2. The molecule has 32 heavy (non-hydrogen) atoms. The topological polar surface area (TPSA) is 82.1 Å². The van der Waals surface area contributed by atoms with Crippen LogP contribution in [0.5, 0.6) is 11.5 Å². The second-order valence-electron chi connectivity index (χ2n) is 6.69. The van der Waals surface area contributed by atoms with Crippen molar-refractivity contribution in [3.05, 3.63) is 62.7 Å². The van der Waals surface area contributed by atoms with Gasteiger partial charge in [-0.25, -0.2) is 9.18 Å². The minimum atomic E-state index is -1.03. The van der Waals surface area contributed by atoms with Crippen LogP contribution >= 0.6 is 27.7 Å². The highest BCUT2D eigenvalue weighted by Crippen LogP contribution is 2.38. The molecule has 1 atom stereocenters. The van der Waals surface area contributed by atoms with Crippen molar-refractivity contribution in [2.75, 3.05) is 14.2 Å². The van der Waals surface area contributed by atoms with E-state index in [9.17, 15) is 18.8 Å². The summed E-state index contributed by atoms with van der Waals surface area (Å²) in [7, 11) is 2.66. The van der Waals surface area contributed by atoms with Crippen LogP contribution in [0, 0.1) is 5.82 Å². The third-order valence-electron chi connectivity index (χ3n) is 4.61. The number of thioether (sulfide) groups is 1. The van der Waals surface area contributed by atoms with Gasteiger partial charge in [-0.3, -0.25) is 14.5 Å². The number of imide groups is 1. The minimum Gasteiger partial charge on any atom is -0.493 e. The summed E-state index contributed by atoms with van der Waals surface area (Å²) in [6, 6.07) is 8.33. The van der Waals surface area contributed by atoms with Gasteiger partial charge in [0.15, 0.2) is 11.5 Å². The van der Waals surface area contributed by atoms with Crippen LogP contribution < -0.4 is 9.47 Å². The number of halogens is 2. The van der Waals surface area contributed by atoms with E-state index in [0.717, 1.165) is 16.7 Å². The Balaban J connectivity index is 1.84. The zero-order valence-electron chi connectivity index (χ0n) is 17.4. The fourth-order valence-corrected chi connectivity index (χ4v) is 4.29. The fraction of sp³-hybridized carbons (Fsp3) is 0.227. The number of hydrogen-bond donors (Lipinski definition) is 0. The molecular weight excluding hydrogens is 505 g/mol. The van der Waals surface area contributed by atoms with Crippen LogP contribution in [0.15, 0.2) is 45.8 Å². The number of methoxy groups -OCH3 is 2. The van der Waals surface area contributed by atoms with Gasteiger partial charge in [-0.2, -0.15) is 0 Å². The molecule has 0 radical (unpaired) electrons. The lowest BCUT2D eigenvalue weighted by Gasteiger charge is -2.18. The summed E-state index contributed by atoms with van der Waals surface area (Å²) in [6.45, 7) is 1.55. The average molecular weight is 524 g/mol. The first kappa shape index (κ1) is 23.8. The Morgan fingerprint density at radius 2 is 1.97 bits per heavy atom. The SMILES string of the molecule is COC(=O)[C@@H](C)N1C(=O)S/C(=C/c2cc(OC)c(OCc3cccc(F)c3)cc2Br)C1=O. The van der Waals surface area contributed by atoms with Crippen LogP contribution in [0.1, 0.15) is 18.1 Å². The molecule has 1 aliphatic rings. The van der Waals surface area contributed by atoms with Crippen molar-refractivity contribution in [2.45, 2.75) is 19.6 Å². The van der Waals surface area contributed by atoms with Gasteiger partial charge in [0, 0.05) is 4.47 Å². The zero-order chi connectivity index (χ0) is 23.4. The van der Waals surface area contributed by atoms with Crippen molar-refractivity contribution in [1.29, 1.82) is 0 Å². The van der Waals surface area contributed by atoms with Crippen LogP contribution in [0.4, 0.5) is 9.18 Å². The normalized spacial score (nSPS) is 15.8. The molecule has 1 fully saturated rings. The van der Waals surface area contributed by atoms with Gasteiger partial charge in [-0.05, 0) is 60.2 Å². The lowest BCUT2D eigenvalue weighted by molar-refractivity contribution is -0.148. The number of rotatable bonds is 7. The Morgan fingerprint density at radius 3 is 2.62 bits per heavy atom. The standard InChI is InChI=1S/C22H19BrFNO6S/c1-12(21(27)30-3)25-20(26)19(32-22(25)28)9-14-8-17(29-2)18(10-16(14)23)31-11-13-5-4-6-15(24)7-13/h4-10,12H,11H2,1-3H3/b19-9+/t12-/m1/s1. The van der Waals surface area contributed by atoms with E-state index in [4.69, 9.17) is 9.47 Å². The van der Waals surface area contributed by atoms with Crippen LogP contribution in [0.3, 0.4) is 0 Å². The highest BCUT2D eigenvalue weighted by molar-refractivity contribution is 9.10. The van der Waals surface area contributed by atoms with Gasteiger partial charge in [-0.15, -0.1) is 0 Å². The molecule has 2 aromatic carbocycles. The monoisotopic (exact) mass is 523 g/mol. The number of hydrogen-bond acceptors (Lipinski definition) is 7. The average Bonchev–Trinajstić information content (AvgIpc) is 3.05. The van der Waals surface area contributed by atoms with E-state index < -0.39 is 23.2 Å². The zero-order valence-corrected chi connectivity index (χ0v) is 19.8. The number of ether oxygens (including phenoxy) is 3. The predicted molar refractivity (Wildman–Crippen MR) is 121 cm³/mol. The number of esters is 1. The van der Waals surface area contributed by atoms with E-state index in [1.54, 1.807) is 24.3 Å². The lowest BCUT2D eigenvalue weighted by Crippen LogP contribution is -2.42. The van der Waals surface area contributed by atoms with E-state index in [1.165, 1.54) is 39.4 Å². The molecule has 1 saturated heterocycles. The molecule has 0 unspecified atom stereocenters. The highest BCUT2D eigenvalue weighted by Gasteiger charge is 2.41. The molecule has 0 aromatic heterocycles. The van der Waals surface area contributed by atoms with Crippen molar-refractivity contribution in [2.24, 2.45) is 0 Å². The molecule has 1 aliphatic heterocycles. The van der Waals surface area contributed by atoms with E-state index in [-0.39, 0.29) is 17.3 Å². The van der Waals surface area contributed by atoms with Gasteiger partial charge in [0.25, 0.3) is 11.1 Å². The molecule has 2 amide bonds. The molecule has 0 bridgehead atoms. The van der Waals surface area contributed by atoms with Gasteiger partial charge in [-0.1, -0.05) is 28.1 Å². The first-order valence-corrected chi connectivity index (χ1v) is 11.0. The van der Waals surface area contributed by atoms with Crippen LogP contribution in [0.2, 0.25) is 0 Å². The molecule has 0 aliphatic carbocycles. The number of benzene rings is 2. The van der Waals surface area contributed by atoms with Gasteiger partial charge >= 0.3 is 5.97 Å². The van der Waals surface area contributed by atoms with E-state index >= 15 is 0 Å². The summed E-state index contributed by atoms with van der Waals surface area (Å²) in [5, 5.41) is -0.558. The number of carbonyl (C=O) groups is 3. The lowest BCUT2D eigenvalue weighted by atomic mass is 10.1. The molecule has 7 nitrogen and oxygen atoms in total. The maximum atomic E-state index is 13.4. The Hall–Kier alpha value is -2.85. The molecule has 3 rings (SSSR count). The third kappa shape index (κ3) is 5.13. The smallest absolute Gasteiger partial charge is 0.328 e. The summed E-state index contributed by atoms with van der Waals surface area (Å²) in [5.74, 6) is -0.831. The van der Waals surface area contributed by atoms with Crippen molar-refractivity contribution < 1.29 is 33.0 Å². The summed E-state index contributed by atoms with van der Waals surface area (Å²) in [5.41, 5.74) is 1.22.